The summed E-state index contributed by atoms with van der Waals surface area (Å²) in [4.78, 5) is 0. The monoisotopic (exact) mass is 287 g/mol. The first kappa shape index (κ1) is 15.9. The highest BCUT2D eigenvalue weighted by Gasteiger charge is 2.20. The van der Waals surface area contributed by atoms with E-state index in [-0.39, 0.29) is 12.6 Å². The van der Waals surface area contributed by atoms with E-state index in [4.69, 9.17) is 9.47 Å². The van der Waals surface area contributed by atoms with Crippen LogP contribution in [0.1, 0.15) is 25.5 Å². The molecule has 0 radical (unpaired) electrons. The molecule has 1 atom stereocenters. The lowest BCUT2D eigenvalue weighted by Gasteiger charge is -2.19. The third kappa shape index (κ3) is 4.19. The van der Waals surface area contributed by atoms with Crippen LogP contribution in [0.5, 0.6) is 5.75 Å². The van der Waals surface area contributed by atoms with E-state index in [0.29, 0.717) is 5.75 Å². The molecule has 0 saturated heterocycles. The molecule has 0 aliphatic heterocycles. The minimum absolute atomic E-state index is 0.178. The Hall–Kier alpha value is -1.11. The zero-order valence-corrected chi connectivity index (χ0v) is 12.5. The molecular formula is C13H21NO4S. The number of benzene rings is 1. The SMILES string of the molecule is COc1ccccc1C(CNS(=O)(=O)C(C)C)OC. The maximum absolute atomic E-state index is 11.7. The Balaban J connectivity index is 2.85. The molecule has 0 heterocycles. The van der Waals surface area contributed by atoms with Gasteiger partial charge in [0.25, 0.3) is 0 Å². The molecule has 0 spiro atoms. The van der Waals surface area contributed by atoms with Crippen molar-refractivity contribution in [3.05, 3.63) is 29.8 Å². The Kier molecular flexibility index (Phi) is 5.78. The van der Waals surface area contributed by atoms with Gasteiger partial charge in [-0.05, 0) is 19.9 Å². The van der Waals surface area contributed by atoms with Crippen molar-refractivity contribution < 1.29 is 17.9 Å². The topological polar surface area (TPSA) is 64.6 Å². The van der Waals surface area contributed by atoms with Crippen molar-refractivity contribution in [2.24, 2.45) is 0 Å². The average Bonchev–Trinajstić information content (AvgIpc) is 2.39. The molecule has 1 aromatic carbocycles. The van der Waals surface area contributed by atoms with Crippen LogP contribution in [0, 0.1) is 0 Å². The van der Waals surface area contributed by atoms with Gasteiger partial charge in [-0.1, -0.05) is 18.2 Å². The van der Waals surface area contributed by atoms with Gasteiger partial charge in [-0.15, -0.1) is 0 Å². The molecule has 0 fully saturated rings. The highest BCUT2D eigenvalue weighted by molar-refractivity contribution is 7.90. The van der Waals surface area contributed by atoms with Crippen LogP contribution in [0.25, 0.3) is 0 Å². The summed E-state index contributed by atoms with van der Waals surface area (Å²) in [5.41, 5.74) is 0.818. The first-order chi connectivity index (χ1) is 8.92. The number of para-hydroxylation sites is 1. The van der Waals surface area contributed by atoms with Crippen LogP contribution < -0.4 is 9.46 Å². The largest absolute Gasteiger partial charge is 0.496 e. The third-order valence-electron chi connectivity index (χ3n) is 2.86. The quantitative estimate of drug-likeness (QED) is 0.829. The maximum atomic E-state index is 11.7. The molecule has 5 nitrogen and oxygen atoms in total. The predicted molar refractivity (Wildman–Crippen MR) is 74.8 cm³/mol. The van der Waals surface area contributed by atoms with Crippen molar-refractivity contribution in [2.75, 3.05) is 20.8 Å². The van der Waals surface area contributed by atoms with Gasteiger partial charge < -0.3 is 9.47 Å². The molecule has 0 amide bonds. The standard InChI is InChI=1S/C13H21NO4S/c1-10(2)19(15,16)14-9-13(18-4)11-7-5-6-8-12(11)17-3/h5-8,10,13-14H,9H2,1-4H3. The van der Waals surface area contributed by atoms with Gasteiger partial charge in [0.2, 0.25) is 10.0 Å². The van der Waals surface area contributed by atoms with Gasteiger partial charge >= 0.3 is 0 Å². The van der Waals surface area contributed by atoms with E-state index in [1.165, 1.54) is 0 Å². The van der Waals surface area contributed by atoms with Crippen molar-refractivity contribution in [1.82, 2.24) is 4.72 Å². The predicted octanol–water partition coefficient (Wildman–Crippen LogP) is 1.71. The highest BCUT2D eigenvalue weighted by Crippen LogP contribution is 2.26. The third-order valence-corrected chi connectivity index (χ3v) is 4.67. The fourth-order valence-electron chi connectivity index (χ4n) is 1.61. The number of hydrogen-bond acceptors (Lipinski definition) is 4. The van der Waals surface area contributed by atoms with Crippen molar-refractivity contribution in [3.8, 4) is 5.75 Å². The lowest BCUT2D eigenvalue weighted by molar-refractivity contribution is 0.105. The van der Waals surface area contributed by atoms with E-state index in [9.17, 15) is 8.42 Å². The summed E-state index contributed by atoms with van der Waals surface area (Å²) in [6, 6.07) is 7.39. The van der Waals surface area contributed by atoms with E-state index < -0.39 is 15.3 Å². The molecular weight excluding hydrogens is 266 g/mol. The molecule has 0 aliphatic rings. The van der Waals surface area contributed by atoms with Crippen molar-refractivity contribution in [1.29, 1.82) is 0 Å². The Labute approximate surface area is 115 Å². The van der Waals surface area contributed by atoms with Gasteiger partial charge in [-0.3, -0.25) is 0 Å². The summed E-state index contributed by atoms with van der Waals surface area (Å²) < 4.78 is 36.6. The summed E-state index contributed by atoms with van der Waals surface area (Å²) in [7, 11) is -0.186. The summed E-state index contributed by atoms with van der Waals surface area (Å²) in [6.07, 6.45) is -0.385. The second kappa shape index (κ2) is 6.88. The van der Waals surface area contributed by atoms with Crippen LogP contribution >= 0.6 is 0 Å². The molecule has 19 heavy (non-hydrogen) atoms. The van der Waals surface area contributed by atoms with Crippen LogP contribution in [0.3, 0.4) is 0 Å². The molecule has 108 valence electrons. The minimum Gasteiger partial charge on any atom is -0.496 e. The van der Waals surface area contributed by atoms with Crippen molar-refractivity contribution in [3.63, 3.8) is 0 Å². The molecule has 6 heteroatoms. The van der Waals surface area contributed by atoms with Crippen LogP contribution in [0.15, 0.2) is 24.3 Å². The summed E-state index contributed by atoms with van der Waals surface area (Å²) in [6.45, 7) is 3.44. The van der Waals surface area contributed by atoms with Gasteiger partial charge in [-0.25, -0.2) is 13.1 Å². The number of ether oxygens (including phenoxy) is 2. The number of hydrogen-bond donors (Lipinski definition) is 1. The second-order valence-electron chi connectivity index (χ2n) is 4.41. The number of nitrogens with one attached hydrogen (secondary N) is 1. The molecule has 0 bridgehead atoms. The zero-order chi connectivity index (χ0) is 14.5. The lowest BCUT2D eigenvalue weighted by Crippen LogP contribution is -2.34. The molecule has 0 saturated carbocycles. The molecule has 0 aromatic heterocycles. The fourth-order valence-corrected chi connectivity index (χ4v) is 2.33. The maximum Gasteiger partial charge on any atom is 0.214 e. The Bertz CT molecular complexity index is 499. The van der Waals surface area contributed by atoms with E-state index in [0.717, 1.165) is 5.56 Å². The molecule has 1 N–H and O–H groups in total. The normalized spacial score (nSPS) is 13.5. The highest BCUT2D eigenvalue weighted by atomic mass is 32.2. The fraction of sp³-hybridized carbons (Fsp3) is 0.538. The van der Waals surface area contributed by atoms with Crippen LogP contribution in [0.4, 0.5) is 0 Å². The van der Waals surface area contributed by atoms with Gasteiger partial charge in [0, 0.05) is 19.2 Å². The number of rotatable bonds is 7. The number of methoxy groups -OCH3 is 2. The molecule has 1 aromatic rings. The van der Waals surface area contributed by atoms with Gasteiger partial charge in [0.1, 0.15) is 5.75 Å². The smallest absolute Gasteiger partial charge is 0.214 e. The Morgan fingerprint density at radius 3 is 2.37 bits per heavy atom. The summed E-state index contributed by atoms with van der Waals surface area (Å²) in [5.74, 6) is 0.679. The van der Waals surface area contributed by atoms with Crippen molar-refractivity contribution >= 4 is 10.0 Å². The lowest BCUT2D eigenvalue weighted by atomic mass is 10.1. The average molecular weight is 287 g/mol. The van der Waals surface area contributed by atoms with E-state index in [1.54, 1.807) is 28.1 Å². The summed E-state index contributed by atoms with van der Waals surface area (Å²) in [5, 5.41) is -0.470. The van der Waals surface area contributed by atoms with Crippen LogP contribution in [-0.4, -0.2) is 34.4 Å². The Morgan fingerprint density at radius 1 is 1.21 bits per heavy atom. The number of sulfonamides is 1. The zero-order valence-electron chi connectivity index (χ0n) is 11.7. The van der Waals surface area contributed by atoms with Crippen molar-refractivity contribution in [2.45, 2.75) is 25.2 Å². The molecule has 1 unspecified atom stereocenters. The van der Waals surface area contributed by atoms with E-state index in [2.05, 4.69) is 4.72 Å². The van der Waals surface area contributed by atoms with Gasteiger partial charge in [-0.2, -0.15) is 0 Å². The Morgan fingerprint density at radius 2 is 1.84 bits per heavy atom. The summed E-state index contributed by atoms with van der Waals surface area (Å²) >= 11 is 0. The van der Waals surface area contributed by atoms with Gasteiger partial charge in [0.15, 0.2) is 0 Å². The van der Waals surface area contributed by atoms with E-state index >= 15 is 0 Å². The minimum atomic E-state index is -3.30. The molecule has 1 rings (SSSR count). The van der Waals surface area contributed by atoms with Gasteiger partial charge in [0.05, 0.1) is 18.5 Å². The van der Waals surface area contributed by atoms with E-state index in [1.807, 2.05) is 24.3 Å². The second-order valence-corrected chi connectivity index (χ2v) is 6.73. The molecule has 0 aliphatic carbocycles. The van der Waals surface area contributed by atoms with Crippen LogP contribution in [0.2, 0.25) is 0 Å². The van der Waals surface area contributed by atoms with Crippen LogP contribution in [-0.2, 0) is 14.8 Å². The first-order valence-electron chi connectivity index (χ1n) is 6.06. The first-order valence-corrected chi connectivity index (χ1v) is 7.61.